The summed E-state index contributed by atoms with van der Waals surface area (Å²) in [5.41, 5.74) is 1.27. The van der Waals surface area contributed by atoms with Crippen molar-refractivity contribution < 1.29 is 13.2 Å². The van der Waals surface area contributed by atoms with Gasteiger partial charge in [-0.2, -0.15) is 0 Å². The molecule has 1 amide bonds. The number of sulfone groups is 1. The Balaban J connectivity index is 1.46. The molecule has 1 fully saturated rings. The van der Waals surface area contributed by atoms with Gasteiger partial charge in [0.1, 0.15) is 0 Å². The molecule has 0 N–H and O–H groups in total. The Hall–Kier alpha value is -1.27. The van der Waals surface area contributed by atoms with Gasteiger partial charge in [-0.3, -0.25) is 4.79 Å². The van der Waals surface area contributed by atoms with Crippen LogP contribution in [0.4, 0.5) is 0 Å². The van der Waals surface area contributed by atoms with E-state index in [1.54, 1.807) is 6.08 Å². The Bertz CT molecular complexity index is 734. The van der Waals surface area contributed by atoms with Crippen molar-refractivity contribution in [3.05, 3.63) is 41.3 Å². The van der Waals surface area contributed by atoms with Crippen molar-refractivity contribution >= 4 is 27.5 Å². The number of rotatable bonds is 4. The fourth-order valence-corrected chi connectivity index (χ4v) is 5.87. The van der Waals surface area contributed by atoms with E-state index in [2.05, 4.69) is 31.2 Å². The second-order valence-electron chi connectivity index (χ2n) is 6.64. The molecular weight excluding hydrogens is 342 g/mol. The lowest BCUT2D eigenvalue weighted by Gasteiger charge is -2.32. The largest absolute Gasteiger partial charge is 0.343 e. The number of nitrogens with zero attached hydrogens (tertiary/aromatic N) is 1. The topological polar surface area (TPSA) is 54.5 Å². The molecule has 3 rings (SSSR count). The summed E-state index contributed by atoms with van der Waals surface area (Å²) in [6.45, 7) is 3.64. The fourth-order valence-electron chi connectivity index (χ4n) is 3.22. The molecule has 24 heavy (non-hydrogen) atoms. The number of thioether (sulfide) groups is 1. The standard InChI is InChI=1S/C18H23NO3S2/c1-14-3-2-4-17(11-14)23-16-5-8-19(9-6-16)18(20)12-15-7-10-24(21,22)13-15/h2-4,7,10-11,15-16H,5-6,8-9,12-13H2,1H3. The zero-order chi connectivity index (χ0) is 17.2. The molecular formula is C18H23NO3S2. The highest BCUT2D eigenvalue weighted by molar-refractivity contribution is 8.00. The van der Waals surface area contributed by atoms with Gasteiger partial charge in [-0.15, -0.1) is 11.8 Å². The molecule has 6 heteroatoms. The number of likely N-dealkylation sites (tertiary alicyclic amines) is 1. The smallest absolute Gasteiger partial charge is 0.223 e. The van der Waals surface area contributed by atoms with Gasteiger partial charge in [-0.25, -0.2) is 8.42 Å². The quantitative estimate of drug-likeness (QED) is 0.823. The zero-order valence-electron chi connectivity index (χ0n) is 13.8. The first-order valence-corrected chi connectivity index (χ1v) is 10.9. The van der Waals surface area contributed by atoms with E-state index in [1.807, 2.05) is 16.7 Å². The number of aryl methyl sites for hydroxylation is 1. The van der Waals surface area contributed by atoms with Crippen LogP contribution in [0.2, 0.25) is 0 Å². The van der Waals surface area contributed by atoms with Gasteiger partial charge in [0.25, 0.3) is 0 Å². The average molecular weight is 366 g/mol. The average Bonchev–Trinajstić information content (AvgIpc) is 2.87. The van der Waals surface area contributed by atoms with Crippen LogP contribution in [0.1, 0.15) is 24.8 Å². The van der Waals surface area contributed by atoms with Crippen molar-refractivity contribution in [3.8, 4) is 0 Å². The van der Waals surface area contributed by atoms with E-state index in [0.29, 0.717) is 11.7 Å². The van der Waals surface area contributed by atoms with E-state index in [4.69, 9.17) is 0 Å². The molecule has 0 spiro atoms. The Morgan fingerprint density at radius 1 is 1.29 bits per heavy atom. The molecule has 1 aromatic carbocycles. The van der Waals surface area contributed by atoms with Crippen molar-refractivity contribution in [2.45, 2.75) is 36.3 Å². The number of benzene rings is 1. The molecule has 1 atom stereocenters. The lowest BCUT2D eigenvalue weighted by Crippen LogP contribution is -2.40. The van der Waals surface area contributed by atoms with Gasteiger partial charge in [0.15, 0.2) is 9.84 Å². The number of amides is 1. The summed E-state index contributed by atoms with van der Waals surface area (Å²) in [4.78, 5) is 15.6. The van der Waals surface area contributed by atoms with Crippen molar-refractivity contribution in [3.63, 3.8) is 0 Å². The second-order valence-corrected chi connectivity index (χ2v) is 9.94. The molecule has 1 aromatic rings. The van der Waals surface area contributed by atoms with Crippen LogP contribution in [0, 0.1) is 12.8 Å². The maximum absolute atomic E-state index is 12.4. The molecule has 2 aliphatic heterocycles. The Morgan fingerprint density at radius 3 is 2.67 bits per heavy atom. The Kier molecular flexibility index (Phi) is 5.35. The molecule has 1 unspecified atom stereocenters. The highest BCUT2D eigenvalue weighted by Gasteiger charge is 2.28. The highest BCUT2D eigenvalue weighted by Crippen LogP contribution is 2.31. The minimum Gasteiger partial charge on any atom is -0.343 e. The maximum atomic E-state index is 12.4. The predicted octanol–water partition coefficient (Wildman–Crippen LogP) is 3.03. The van der Waals surface area contributed by atoms with Crippen molar-refractivity contribution in [2.24, 2.45) is 5.92 Å². The highest BCUT2D eigenvalue weighted by atomic mass is 32.2. The summed E-state index contributed by atoms with van der Waals surface area (Å²) < 4.78 is 22.8. The first-order valence-electron chi connectivity index (χ1n) is 8.33. The van der Waals surface area contributed by atoms with Crippen LogP contribution >= 0.6 is 11.8 Å². The van der Waals surface area contributed by atoms with Gasteiger partial charge in [-0.05, 0) is 31.9 Å². The molecule has 2 aliphatic rings. The molecule has 130 valence electrons. The molecule has 0 aliphatic carbocycles. The molecule has 0 bridgehead atoms. The molecule has 0 aromatic heterocycles. The van der Waals surface area contributed by atoms with Gasteiger partial charge in [0, 0.05) is 41.0 Å². The number of carbonyl (C=O) groups excluding carboxylic acids is 1. The van der Waals surface area contributed by atoms with Crippen LogP contribution in [-0.4, -0.2) is 43.3 Å². The van der Waals surface area contributed by atoms with Gasteiger partial charge >= 0.3 is 0 Å². The van der Waals surface area contributed by atoms with Gasteiger partial charge in [-0.1, -0.05) is 23.8 Å². The summed E-state index contributed by atoms with van der Waals surface area (Å²) in [7, 11) is -3.07. The third-order valence-electron chi connectivity index (χ3n) is 4.53. The van der Waals surface area contributed by atoms with Crippen LogP contribution in [0.3, 0.4) is 0 Å². The third-order valence-corrected chi connectivity index (χ3v) is 7.32. The first-order chi connectivity index (χ1) is 11.4. The van der Waals surface area contributed by atoms with Gasteiger partial charge < -0.3 is 4.90 Å². The summed E-state index contributed by atoms with van der Waals surface area (Å²) in [5.74, 6) is 0.0148. The zero-order valence-corrected chi connectivity index (χ0v) is 15.5. The predicted molar refractivity (Wildman–Crippen MR) is 97.7 cm³/mol. The van der Waals surface area contributed by atoms with Crippen molar-refractivity contribution in [1.29, 1.82) is 0 Å². The SMILES string of the molecule is Cc1cccc(SC2CCN(C(=O)CC3C=CS(=O)(=O)C3)CC2)c1. The fraction of sp³-hybridized carbons (Fsp3) is 0.500. The Morgan fingerprint density at radius 2 is 2.04 bits per heavy atom. The van der Waals surface area contributed by atoms with Crippen LogP contribution in [0.15, 0.2) is 40.6 Å². The number of hydrogen-bond acceptors (Lipinski definition) is 4. The Labute approximate surface area is 148 Å². The van der Waals surface area contributed by atoms with E-state index in [-0.39, 0.29) is 17.6 Å². The first kappa shape index (κ1) is 17.5. The van der Waals surface area contributed by atoms with Crippen molar-refractivity contribution in [1.82, 2.24) is 4.90 Å². The van der Waals surface area contributed by atoms with E-state index >= 15 is 0 Å². The summed E-state index contributed by atoms with van der Waals surface area (Å²) in [5, 5.41) is 1.79. The second kappa shape index (κ2) is 7.31. The number of carbonyl (C=O) groups is 1. The minimum absolute atomic E-state index is 0.0818. The van der Waals surface area contributed by atoms with E-state index in [0.717, 1.165) is 25.9 Å². The lowest BCUT2D eigenvalue weighted by atomic mass is 10.1. The number of hydrogen-bond donors (Lipinski definition) is 0. The van der Waals surface area contributed by atoms with E-state index < -0.39 is 9.84 Å². The van der Waals surface area contributed by atoms with Crippen LogP contribution in [-0.2, 0) is 14.6 Å². The maximum Gasteiger partial charge on any atom is 0.223 e. The number of piperidine rings is 1. The molecule has 2 heterocycles. The molecule has 0 saturated carbocycles. The molecule has 0 radical (unpaired) electrons. The minimum atomic E-state index is -3.07. The lowest BCUT2D eigenvalue weighted by molar-refractivity contribution is -0.132. The monoisotopic (exact) mass is 365 g/mol. The normalized spacial score (nSPS) is 23.5. The van der Waals surface area contributed by atoms with Crippen LogP contribution < -0.4 is 0 Å². The molecule has 4 nitrogen and oxygen atoms in total. The van der Waals surface area contributed by atoms with Crippen LogP contribution in [0.25, 0.3) is 0 Å². The van der Waals surface area contributed by atoms with Crippen LogP contribution in [0.5, 0.6) is 0 Å². The van der Waals surface area contributed by atoms with Gasteiger partial charge in [0.05, 0.1) is 5.75 Å². The van der Waals surface area contributed by atoms with E-state index in [1.165, 1.54) is 15.9 Å². The summed E-state index contributed by atoms with van der Waals surface area (Å²) in [6.07, 6.45) is 3.95. The van der Waals surface area contributed by atoms with Crippen molar-refractivity contribution in [2.75, 3.05) is 18.8 Å². The van der Waals surface area contributed by atoms with E-state index in [9.17, 15) is 13.2 Å². The third kappa shape index (κ3) is 4.63. The van der Waals surface area contributed by atoms with Gasteiger partial charge in [0.2, 0.25) is 5.91 Å². The summed E-state index contributed by atoms with van der Waals surface area (Å²) in [6, 6.07) is 8.53. The number of allylic oxidation sites excluding steroid dienone is 1. The summed E-state index contributed by atoms with van der Waals surface area (Å²) >= 11 is 1.90. The molecule has 1 saturated heterocycles.